The zero-order chi connectivity index (χ0) is 16.1. The summed E-state index contributed by atoms with van der Waals surface area (Å²) in [7, 11) is 0. The minimum absolute atomic E-state index is 0.0687. The Balaban J connectivity index is 2.11. The summed E-state index contributed by atoms with van der Waals surface area (Å²) in [6.45, 7) is 3.52. The van der Waals surface area contributed by atoms with Crippen molar-refractivity contribution in [1.82, 2.24) is 0 Å². The van der Waals surface area contributed by atoms with Gasteiger partial charge in [-0.15, -0.1) is 0 Å². The topological polar surface area (TPSA) is 93.1 Å². The summed E-state index contributed by atoms with van der Waals surface area (Å²) in [5, 5.41) is 29.5. The van der Waals surface area contributed by atoms with Gasteiger partial charge < -0.3 is 20.3 Å². The number of benzene rings is 2. The molecule has 2 aromatic rings. The van der Waals surface area contributed by atoms with Gasteiger partial charge in [0.2, 0.25) is 0 Å². The number of esters is 1. The molecule has 114 valence electrons. The molecule has 0 heterocycles. The molecule has 0 bridgehead atoms. The van der Waals surface area contributed by atoms with Gasteiger partial charge in [-0.2, -0.15) is 0 Å². The minimum Gasteiger partial charge on any atom is -0.733 e. The number of aliphatic hydroxyl groups excluding tert-OH is 1. The molecule has 0 aliphatic carbocycles. The minimum atomic E-state index is -1.35. The highest BCUT2D eigenvalue weighted by Crippen LogP contribution is 2.25. The fourth-order valence-electron chi connectivity index (χ4n) is 1.79. The van der Waals surface area contributed by atoms with E-state index in [1.807, 2.05) is 0 Å². The summed E-state index contributed by atoms with van der Waals surface area (Å²) in [6.07, 6.45) is -1.35. The van der Waals surface area contributed by atoms with Gasteiger partial charge in [-0.05, 0) is 29.8 Å². The van der Waals surface area contributed by atoms with E-state index in [0.717, 1.165) is 0 Å². The third-order valence-corrected chi connectivity index (χ3v) is 2.95. The van der Waals surface area contributed by atoms with Gasteiger partial charge in [0, 0.05) is 0 Å². The summed E-state index contributed by atoms with van der Waals surface area (Å²) in [4.78, 5) is 11.9. The van der Waals surface area contributed by atoms with E-state index in [2.05, 4.69) is 6.58 Å². The van der Waals surface area contributed by atoms with Crippen LogP contribution in [0.4, 0.5) is 5.69 Å². The van der Waals surface area contributed by atoms with Crippen LogP contribution in [0.15, 0.2) is 66.7 Å². The number of rotatable bonds is 5. The summed E-state index contributed by atoms with van der Waals surface area (Å²) in [6, 6.07) is 13.9. The number of para-hydroxylation sites is 1. The quantitative estimate of drug-likeness (QED) is 0.381. The van der Waals surface area contributed by atoms with Crippen molar-refractivity contribution in [3.63, 3.8) is 0 Å². The second-order valence-corrected chi connectivity index (χ2v) is 4.50. The first kappa shape index (κ1) is 15.7. The molecule has 2 N–H and O–H groups in total. The van der Waals surface area contributed by atoms with Crippen LogP contribution < -0.4 is 9.96 Å². The van der Waals surface area contributed by atoms with Crippen molar-refractivity contribution >= 4 is 11.7 Å². The lowest BCUT2D eigenvalue weighted by Crippen LogP contribution is -2.17. The highest BCUT2D eigenvalue weighted by atomic mass is 16.8. The van der Waals surface area contributed by atoms with E-state index in [9.17, 15) is 15.1 Å². The number of ether oxygens (including phenoxy) is 1. The average Bonchev–Trinajstić information content (AvgIpc) is 2.54. The second-order valence-electron chi connectivity index (χ2n) is 4.50. The van der Waals surface area contributed by atoms with Crippen LogP contribution in [-0.4, -0.2) is 16.3 Å². The Labute approximate surface area is 127 Å². The molecule has 0 saturated heterocycles. The molecule has 1 atom stereocenters. The third-order valence-electron chi connectivity index (χ3n) is 2.95. The van der Waals surface area contributed by atoms with Gasteiger partial charge >= 0.3 is 5.97 Å². The molecule has 0 fully saturated rings. The number of carbonyl (C=O) groups excluding carboxylic acids is 1. The molecule has 0 amide bonds. The van der Waals surface area contributed by atoms with Gasteiger partial charge in [0.05, 0.1) is 11.3 Å². The van der Waals surface area contributed by atoms with Crippen LogP contribution in [0.25, 0.3) is 0 Å². The monoisotopic (exact) mass is 300 g/mol. The molecule has 6 nitrogen and oxygen atoms in total. The summed E-state index contributed by atoms with van der Waals surface area (Å²) in [5.74, 6) is -0.456. The molecule has 0 spiro atoms. The highest BCUT2D eigenvalue weighted by Gasteiger charge is 2.20. The van der Waals surface area contributed by atoms with Crippen LogP contribution >= 0.6 is 0 Å². The number of anilines is 1. The van der Waals surface area contributed by atoms with Gasteiger partial charge in [-0.3, -0.25) is 5.21 Å². The molecule has 6 heteroatoms. The van der Waals surface area contributed by atoms with Gasteiger partial charge in [-0.25, -0.2) is 4.79 Å². The van der Waals surface area contributed by atoms with E-state index < -0.39 is 12.1 Å². The van der Waals surface area contributed by atoms with Crippen LogP contribution in [-0.2, 0) is 4.79 Å². The maximum atomic E-state index is 11.9. The molecule has 2 aromatic carbocycles. The number of hydrogen-bond acceptors (Lipinski definition) is 6. The van der Waals surface area contributed by atoms with Crippen LogP contribution in [0.3, 0.4) is 0 Å². The summed E-state index contributed by atoms with van der Waals surface area (Å²) >= 11 is 0. The second kappa shape index (κ2) is 6.86. The SMILES string of the molecule is C=C(C(=O)Oc1ccccc1)C(O)c1cccc(N([O-])O)c1. The molecular formula is C16H14NO5-. The van der Waals surface area contributed by atoms with Crippen molar-refractivity contribution in [3.05, 3.63) is 77.5 Å². The van der Waals surface area contributed by atoms with Crippen molar-refractivity contribution in [2.24, 2.45) is 0 Å². The van der Waals surface area contributed by atoms with Crippen LogP contribution in [0.5, 0.6) is 5.75 Å². The fraction of sp³-hybridized carbons (Fsp3) is 0.0625. The molecule has 22 heavy (non-hydrogen) atoms. The summed E-state index contributed by atoms with van der Waals surface area (Å²) in [5.41, 5.74) is -0.0143. The number of nitrogens with zero attached hydrogens (tertiary/aromatic N) is 1. The number of carbonyl (C=O) groups is 1. The zero-order valence-corrected chi connectivity index (χ0v) is 11.5. The Morgan fingerprint density at radius 3 is 2.50 bits per heavy atom. The predicted molar refractivity (Wildman–Crippen MR) is 80.3 cm³/mol. The Hall–Kier alpha value is -2.67. The zero-order valence-electron chi connectivity index (χ0n) is 11.5. The molecule has 0 aliphatic heterocycles. The van der Waals surface area contributed by atoms with Gasteiger partial charge in [0.15, 0.2) is 0 Å². The van der Waals surface area contributed by atoms with Crippen molar-refractivity contribution in [3.8, 4) is 5.75 Å². The molecule has 0 radical (unpaired) electrons. The number of aliphatic hydroxyl groups is 1. The lowest BCUT2D eigenvalue weighted by Gasteiger charge is -2.23. The first-order valence-corrected chi connectivity index (χ1v) is 6.39. The molecule has 0 saturated carbocycles. The van der Waals surface area contributed by atoms with Crippen molar-refractivity contribution in [1.29, 1.82) is 0 Å². The average molecular weight is 300 g/mol. The van der Waals surface area contributed by atoms with Gasteiger partial charge in [-0.1, -0.05) is 36.9 Å². The van der Waals surface area contributed by atoms with Crippen molar-refractivity contribution in [2.75, 3.05) is 5.23 Å². The van der Waals surface area contributed by atoms with E-state index in [0.29, 0.717) is 5.75 Å². The lowest BCUT2D eigenvalue weighted by atomic mass is 10.0. The summed E-state index contributed by atoms with van der Waals surface area (Å²) < 4.78 is 5.08. The smallest absolute Gasteiger partial charge is 0.341 e. The van der Waals surface area contributed by atoms with Crippen molar-refractivity contribution in [2.45, 2.75) is 6.10 Å². The largest absolute Gasteiger partial charge is 0.733 e. The highest BCUT2D eigenvalue weighted by molar-refractivity contribution is 5.90. The molecule has 1 unspecified atom stereocenters. The maximum absolute atomic E-state index is 11.9. The predicted octanol–water partition coefficient (Wildman–Crippen LogP) is 2.58. The molecule has 0 aromatic heterocycles. The number of hydrogen-bond donors (Lipinski definition) is 2. The van der Waals surface area contributed by atoms with Gasteiger partial charge in [0.1, 0.15) is 11.9 Å². The fourth-order valence-corrected chi connectivity index (χ4v) is 1.79. The Kier molecular flexibility index (Phi) is 4.90. The first-order valence-electron chi connectivity index (χ1n) is 6.39. The molecular weight excluding hydrogens is 286 g/mol. The Bertz CT molecular complexity index is 669. The van der Waals surface area contributed by atoms with E-state index in [4.69, 9.17) is 9.94 Å². The van der Waals surface area contributed by atoms with Crippen molar-refractivity contribution < 1.29 is 19.8 Å². The van der Waals surface area contributed by atoms with E-state index >= 15 is 0 Å². The van der Waals surface area contributed by atoms with E-state index in [-0.39, 0.29) is 22.1 Å². The molecule has 0 aliphatic rings. The van der Waals surface area contributed by atoms with E-state index in [1.165, 1.54) is 24.3 Å². The standard InChI is InChI=1S/C16H14NO5/c1-11(16(19)22-14-8-3-2-4-9-14)15(18)12-6-5-7-13(10-12)17(20)21/h2-10,15,18,20H,1H2/q-1. The Morgan fingerprint density at radius 2 is 1.86 bits per heavy atom. The van der Waals surface area contributed by atoms with Crippen LogP contribution in [0.1, 0.15) is 11.7 Å². The maximum Gasteiger partial charge on any atom is 0.341 e. The normalized spacial score (nSPS) is 11.6. The Morgan fingerprint density at radius 1 is 1.18 bits per heavy atom. The lowest BCUT2D eigenvalue weighted by molar-refractivity contribution is -0.131. The van der Waals surface area contributed by atoms with E-state index in [1.54, 1.807) is 30.3 Å². The van der Waals surface area contributed by atoms with Crippen LogP contribution in [0, 0.1) is 5.21 Å². The molecule has 2 rings (SSSR count). The van der Waals surface area contributed by atoms with Crippen LogP contribution in [0.2, 0.25) is 0 Å². The van der Waals surface area contributed by atoms with Gasteiger partial charge in [0.25, 0.3) is 0 Å². The third kappa shape index (κ3) is 3.70. The first-order chi connectivity index (χ1) is 10.5.